The first-order valence-corrected chi connectivity index (χ1v) is 9.67. The molecule has 1 aliphatic rings. The fourth-order valence-corrected chi connectivity index (χ4v) is 3.60. The van der Waals surface area contributed by atoms with Crippen molar-refractivity contribution in [2.24, 2.45) is 0 Å². The fourth-order valence-electron chi connectivity index (χ4n) is 3.60. The third-order valence-electron chi connectivity index (χ3n) is 5.35. The van der Waals surface area contributed by atoms with Crippen LogP contribution in [0.2, 0.25) is 0 Å². The Balaban J connectivity index is 1.57. The first-order valence-electron chi connectivity index (χ1n) is 9.67. The third kappa shape index (κ3) is 3.84. The van der Waals surface area contributed by atoms with Crippen LogP contribution in [-0.2, 0) is 19.6 Å². The Kier molecular flexibility index (Phi) is 5.37. The number of nitrogens with zero attached hydrogens (tertiary/aromatic N) is 4. The highest BCUT2D eigenvalue weighted by Crippen LogP contribution is 2.27. The fraction of sp³-hybridized carbons (Fsp3) is 0.286. The molecule has 0 fully saturated rings. The molecule has 1 aliphatic heterocycles. The summed E-state index contributed by atoms with van der Waals surface area (Å²) in [5.74, 6) is -0.160. The molecule has 0 saturated heterocycles. The van der Waals surface area contributed by atoms with Gasteiger partial charge < -0.3 is 10.4 Å². The molecule has 1 atom stereocenters. The molecule has 30 heavy (non-hydrogen) atoms. The maximum absolute atomic E-state index is 13.1. The molecular formula is C21H23FN6O2. The third-order valence-corrected chi connectivity index (χ3v) is 5.35. The van der Waals surface area contributed by atoms with Crippen LogP contribution < -0.4 is 10.9 Å². The van der Waals surface area contributed by atoms with E-state index in [1.807, 2.05) is 13.1 Å². The Morgan fingerprint density at radius 2 is 2.10 bits per heavy atom. The van der Waals surface area contributed by atoms with Gasteiger partial charge >= 0.3 is 0 Å². The lowest BCUT2D eigenvalue weighted by molar-refractivity contribution is 0.150. The van der Waals surface area contributed by atoms with E-state index in [0.717, 1.165) is 11.1 Å². The molecule has 0 aliphatic carbocycles. The molecule has 0 amide bonds. The second-order valence-corrected chi connectivity index (χ2v) is 7.34. The van der Waals surface area contributed by atoms with Gasteiger partial charge in [-0.2, -0.15) is 5.10 Å². The lowest BCUT2D eigenvalue weighted by atomic mass is 10.1. The van der Waals surface area contributed by atoms with Crippen LogP contribution in [0.4, 0.5) is 4.39 Å². The maximum atomic E-state index is 13.1. The average Bonchev–Trinajstić information content (AvgIpc) is 3.25. The molecule has 1 aromatic carbocycles. The summed E-state index contributed by atoms with van der Waals surface area (Å²) in [5.41, 5.74) is 1.87. The van der Waals surface area contributed by atoms with E-state index in [-0.39, 0.29) is 17.6 Å². The lowest BCUT2D eigenvalue weighted by Gasteiger charge is -2.35. The van der Waals surface area contributed by atoms with E-state index in [0.29, 0.717) is 37.7 Å². The minimum Gasteiger partial charge on any atom is -0.501 e. The first kappa shape index (κ1) is 19.8. The number of aromatic nitrogens is 4. The van der Waals surface area contributed by atoms with Gasteiger partial charge in [-0.25, -0.2) is 9.37 Å². The van der Waals surface area contributed by atoms with E-state index in [4.69, 9.17) is 0 Å². The summed E-state index contributed by atoms with van der Waals surface area (Å²) in [7, 11) is 0. The van der Waals surface area contributed by atoms with E-state index in [1.165, 1.54) is 16.7 Å². The molecule has 9 heteroatoms. The molecule has 156 valence electrons. The summed E-state index contributed by atoms with van der Waals surface area (Å²) < 4.78 is 14.6. The van der Waals surface area contributed by atoms with Crippen molar-refractivity contribution in [2.45, 2.75) is 32.6 Å². The molecule has 2 aromatic heterocycles. The quantitative estimate of drug-likeness (QED) is 0.576. The number of halogens is 1. The van der Waals surface area contributed by atoms with E-state index in [1.54, 1.807) is 18.3 Å². The zero-order chi connectivity index (χ0) is 21.3. The van der Waals surface area contributed by atoms with Gasteiger partial charge in [-0.3, -0.25) is 19.4 Å². The smallest absolute Gasteiger partial charge is 0.296 e. The summed E-state index contributed by atoms with van der Waals surface area (Å²) >= 11 is 0. The van der Waals surface area contributed by atoms with Gasteiger partial charge in [0.05, 0.1) is 17.9 Å². The van der Waals surface area contributed by atoms with Crippen molar-refractivity contribution in [1.82, 2.24) is 30.0 Å². The predicted molar refractivity (Wildman–Crippen MR) is 110 cm³/mol. The minimum absolute atomic E-state index is 0.130. The highest BCUT2D eigenvalue weighted by atomic mass is 19.1. The highest BCUT2D eigenvalue weighted by Gasteiger charge is 2.29. The summed E-state index contributed by atoms with van der Waals surface area (Å²) in [4.78, 5) is 19.5. The zero-order valence-electron chi connectivity index (χ0n) is 16.6. The minimum atomic E-state index is -0.477. The molecule has 0 saturated carbocycles. The Hall–Kier alpha value is -3.46. The molecule has 0 radical (unpaired) electrons. The zero-order valence-corrected chi connectivity index (χ0v) is 16.6. The number of H-pyrrole nitrogens is 1. The van der Waals surface area contributed by atoms with E-state index in [2.05, 4.69) is 32.0 Å². The molecule has 3 heterocycles. The Bertz CT molecular complexity index is 1110. The van der Waals surface area contributed by atoms with Crippen LogP contribution >= 0.6 is 0 Å². The van der Waals surface area contributed by atoms with Gasteiger partial charge in [-0.1, -0.05) is 18.7 Å². The molecule has 0 bridgehead atoms. The van der Waals surface area contributed by atoms with Crippen LogP contribution in [0.3, 0.4) is 0 Å². The number of aromatic hydroxyl groups is 1. The second kappa shape index (κ2) is 8.11. The Morgan fingerprint density at radius 3 is 2.80 bits per heavy atom. The van der Waals surface area contributed by atoms with Crippen molar-refractivity contribution in [3.63, 3.8) is 0 Å². The summed E-state index contributed by atoms with van der Waals surface area (Å²) in [5, 5.41) is 20.3. The molecule has 1 unspecified atom stereocenters. The first-order chi connectivity index (χ1) is 14.4. The summed E-state index contributed by atoms with van der Waals surface area (Å²) in [6, 6.07) is 5.92. The van der Waals surface area contributed by atoms with Crippen molar-refractivity contribution in [1.29, 1.82) is 0 Å². The van der Waals surface area contributed by atoms with Crippen LogP contribution in [-0.4, -0.2) is 36.3 Å². The number of rotatable bonds is 6. The standard InChI is InChI=1S/C21H23FN6O2/c1-13(23-9-15-3-5-17(22)6-4-15)18-19(29)21(30)28-8-7-27(14(2)20(28)26-18)12-16-10-24-25-11-16/h3-6,10-11,14,23,29H,1,7-9,12H2,2H3,(H,24,25). The monoisotopic (exact) mass is 410 g/mol. The predicted octanol–water partition coefficient (Wildman–Crippen LogP) is 2.15. The van der Waals surface area contributed by atoms with Crippen molar-refractivity contribution >= 4 is 5.70 Å². The van der Waals surface area contributed by atoms with Crippen LogP contribution in [0.15, 0.2) is 48.0 Å². The molecule has 4 rings (SSSR count). The average molecular weight is 410 g/mol. The maximum Gasteiger partial charge on any atom is 0.296 e. The number of aromatic amines is 1. The van der Waals surface area contributed by atoms with Gasteiger partial charge in [0.25, 0.3) is 5.56 Å². The van der Waals surface area contributed by atoms with Crippen LogP contribution in [0, 0.1) is 5.82 Å². The van der Waals surface area contributed by atoms with Crippen molar-refractivity contribution < 1.29 is 9.50 Å². The van der Waals surface area contributed by atoms with E-state index in [9.17, 15) is 14.3 Å². The number of hydrogen-bond donors (Lipinski definition) is 3. The van der Waals surface area contributed by atoms with Crippen LogP contribution in [0.1, 0.15) is 35.6 Å². The highest BCUT2D eigenvalue weighted by molar-refractivity contribution is 5.63. The molecule has 0 spiro atoms. The molecule has 3 N–H and O–H groups in total. The second-order valence-electron chi connectivity index (χ2n) is 7.34. The molecule has 8 nitrogen and oxygen atoms in total. The number of benzene rings is 1. The van der Waals surface area contributed by atoms with Gasteiger partial charge in [0, 0.05) is 37.9 Å². The topological polar surface area (TPSA) is 99.1 Å². The van der Waals surface area contributed by atoms with Crippen molar-refractivity contribution in [2.75, 3.05) is 6.54 Å². The van der Waals surface area contributed by atoms with Crippen molar-refractivity contribution in [3.8, 4) is 5.75 Å². The number of nitrogens with one attached hydrogen (secondary N) is 2. The SMILES string of the molecule is C=C(NCc1ccc(F)cc1)c1nc2n(c(=O)c1O)CCN(Cc1cn[nH]c1)C2C. The van der Waals surface area contributed by atoms with Crippen LogP contribution in [0.25, 0.3) is 5.70 Å². The summed E-state index contributed by atoms with van der Waals surface area (Å²) in [6.07, 6.45) is 3.61. The molecular weight excluding hydrogens is 387 g/mol. The normalized spacial score (nSPS) is 16.3. The Labute approximate surface area is 172 Å². The van der Waals surface area contributed by atoms with E-state index < -0.39 is 11.3 Å². The Morgan fingerprint density at radius 1 is 1.33 bits per heavy atom. The molecule has 3 aromatic rings. The lowest BCUT2D eigenvalue weighted by Crippen LogP contribution is -2.42. The van der Waals surface area contributed by atoms with Crippen LogP contribution in [0.5, 0.6) is 5.75 Å². The number of fused-ring (bicyclic) bond motifs is 1. The largest absolute Gasteiger partial charge is 0.501 e. The van der Waals surface area contributed by atoms with Gasteiger partial charge in [0.15, 0.2) is 0 Å². The van der Waals surface area contributed by atoms with Gasteiger partial charge in [0.1, 0.15) is 17.3 Å². The summed E-state index contributed by atoms with van der Waals surface area (Å²) in [6.45, 7) is 8.04. The number of hydrogen-bond acceptors (Lipinski definition) is 6. The van der Waals surface area contributed by atoms with Gasteiger partial charge in [-0.15, -0.1) is 0 Å². The van der Waals surface area contributed by atoms with Crippen molar-refractivity contribution in [3.05, 3.63) is 82.1 Å². The van der Waals surface area contributed by atoms with E-state index >= 15 is 0 Å². The van der Waals surface area contributed by atoms with Gasteiger partial charge in [0.2, 0.25) is 5.75 Å². The van der Waals surface area contributed by atoms with Gasteiger partial charge in [-0.05, 0) is 24.6 Å².